The predicted octanol–water partition coefficient (Wildman–Crippen LogP) is 4.01. The number of hydrogen-bond acceptors (Lipinski definition) is 1. The zero-order valence-electron chi connectivity index (χ0n) is 10.5. The molecule has 0 saturated carbocycles. The molecule has 0 aliphatic carbocycles. The van der Waals surface area contributed by atoms with Crippen LogP contribution in [0.25, 0.3) is 0 Å². The summed E-state index contributed by atoms with van der Waals surface area (Å²) in [7, 11) is 0. The monoisotopic (exact) mass is 217 g/mol. The van der Waals surface area contributed by atoms with Gasteiger partial charge in [0.05, 0.1) is 0 Å². The van der Waals surface area contributed by atoms with Gasteiger partial charge in [-0.2, -0.15) is 0 Å². The fraction of sp³-hybridized carbons (Fsp3) is 0.600. The van der Waals surface area contributed by atoms with E-state index < -0.39 is 0 Å². The van der Waals surface area contributed by atoms with Crippen LogP contribution in [0, 0.1) is 0 Å². The van der Waals surface area contributed by atoms with E-state index >= 15 is 0 Å². The quantitative estimate of drug-likeness (QED) is 0.736. The molecule has 0 radical (unpaired) electrons. The lowest BCUT2D eigenvalue weighted by atomic mass is 10.0. The highest BCUT2D eigenvalue weighted by Gasteiger charge is 2.30. The SMILES string of the molecule is CCCCN1[C@@H](C)CC[C@H]1c1ccccc1. The fourth-order valence-corrected chi connectivity index (χ4v) is 2.79. The molecule has 1 aromatic rings. The van der Waals surface area contributed by atoms with Crippen LogP contribution in [0.2, 0.25) is 0 Å². The standard InChI is InChI=1S/C15H23N/c1-3-4-12-16-13(2)10-11-15(16)14-8-6-5-7-9-14/h5-9,13,15H,3-4,10-12H2,1-2H3/t13-,15-/m0/s1. The van der Waals surface area contributed by atoms with Crippen LogP contribution in [0.4, 0.5) is 0 Å². The molecule has 0 unspecified atom stereocenters. The van der Waals surface area contributed by atoms with Gasteiger partial charge < -0.3 is 0 Å². The lowest BCUT2D eigenvalue weighted by Crippen LogP contribution is -2.30. The number of benzene rings is 1. The third-order valence-corrected chi connectivity index (χ3v) is 3.78. The molecule has 0 spiro atoms. The largest absolute Gasteiger partial charge is 0.294 e. The van der Waals surface area contributed by atoms with E-state index in [4.69, 9.17) is 0 Å². The van der Waals surface area contributed by atoms with Crippen LogP contribution < -0.4 is 0 Å². The summed E-state index contributed by atoms with van der Waals surface area (Å²) < 4.78 is 0. The zero-order valence-corrected chi connectivity index (χ0v) is 10.5. The van der Waals surface area contributed by atoms with E-state index in [-0.39, 0.29) is 0 Å². The molecule has 1 aliphatic heterocycles. The lowest BCUT2D eigenvalue weighted by molar-refractivity contribution is 0.201. The molecule has 16 heavy (non-hydrogen) atoms. The van der Waals surface area contributed by atoms with Crippen LogP contribution in [0.5, 0.6) is 0 Å². The van der Waals surface area contributed by atoms with E-state index in [1.54, 1.807) is 0 Å². The Morgan fingerprint density at radius 2 is 1.94 bits per heavy atom. The van der Waals surface area contributed by atoms with Crippen LogP contribution in [-0.2, 0) is 0 Å². The fourth-order valence-electron chi connectivity index (χ4n) is 2.79. The van der Waals surface area contributed by atoms with Crippen LogP contribution in [0.1, 0.15) is 51.1 Å². The van der Waals surface area contributed by atoms with Gasteiger partial charge in [0.15, 0.2) is 0 Å². The average Bonchev–Trinajstić information content (AvgIpc) is 2.69. The number of likely N-dealkylation sites (tertiary alicyclic amines) is 1. The molecule has 1 aliphatic rings. The Labute approximate surface area is 99.5 Å². The molecule has 0 N–H and O–H groups in total. The van der Waals surface area contributed by atoms with Crippen molar-refractivity contribution in [2.75, 3.05) is 6.54 Å². The van der Waals surface area contributed by atoms with Crippen LogP contribution in [0.15, 0.2) is 30.3 Å². The normalized spacial score (nSPS) is 26.1. The molecule has 1 heteroatoms. The van der Waals surface area contributed by atoms with Crippen LogP contribution in [-0.4, -0.2) is 17.5 Å². The summed E-state index contributed by atoms with van der Waals surface area (Å²) in [5.74, 6) is 0. The molecule has 1 heterocycles. The van der Waals surface area contributed by atoms with Gasteiger partial charge in [-0.15, -0.1) is 0 Å². The van der Waals surface area contributed by atoms with Crippen LogP contribution in [0.3, 0.4) is 0 Å². The van der Waals surface area contributed by atoms with Gasteiger partial charge in [0, 0.05) is 12.1 Å². The second-order valence-electron chi connectivity index (χ2n) is 4.94. The Kier molecular flexibility index (Phi) is 4.00. The molecule has 1 aromatic carbocycles. The third kappa shape index (κ3) is 2.46. The molecule has 88 valence electrons. The number of unbranched alkanes of at least 4 members (excludes halogenated alkanes) is 1. The van der Waals surface area contributed by atoms with Crippen molar-refractivity contribution in [3.05, 3.63) is 35.9 Å². The first kappa shape index (κ1) is 11.7. The summed E-state index contributed by atoms with van der Waals surface area (Å²) in [6.07, 6.45) is 5.30. The van der Waals surface area contributed by atoms with Crippen molar-refractivity contribution in [1.29, 1.82) is 0 Å². The van der Waals surface area contributed by atoms with Gasteiger partial charge in [-0.1, -0.05) is 43.7 Å². The molecule has 1 nitrogen and oxygen atoms in total. The van der Waals surface area contributed by atoms with Crippen molar-refractivity contribution in [3.63, 3.8) is 0 Å². The van der Waals surface area contributed by atoms with E-state index in [1.165, 1.54) is 37.8 Å². The smallest absolute Gasteiger partial charge is 0.0351 e. The Morgan fingerprint density at radius 1 is 1.19 bits per heavy atom. The van der Waals surface area contributed by atoms with Crippen molar-refractivity contribution in [2.24, 2.45) is 0 Å². The summed E-state index contributed by atoms with van der Waals surface area (Å²) >= 11 is 0. The van der Waals surface area contributed by atoms with Gasteiger partial charge in [-0.25, -0.2) is 0 Å². The molecule has 2 rings (SSSR count). The van der Waals surface area contributed by atoms with E-state index in [0.717, 1.165) is 6.04 Å². The van der Waals surface area contributed by atoms with E-state index in [9.17, 15) is 0 Å². The van der Waals surface area contributed by atoms with Crippen molar-refractivity contribution in [3.8, 4) is 0 Å². The highest BCUT2D eigenvalue weighted by Crippen LogP contribution is 2.35. The Bertz CT molecular complexity index is 306. The van der Waals surface area contributed by atoms with Crippen LogP contribution >= 0.6 is 0 Å². The van der Waals surface area contributed by atoms with Gasteiger partial charge in [0.1, 0.15) is 0 Å². The van der Waals surface area contributed by atoms with E-state index in [0.29, 0.717) is 6.04 Å². The molecule has 2 atom stereocenters. The summed E-state index contributed by atoms with van der Waals surface area (Å²) in [5.41, 5.74) is 1.50. The summed E-state index contributed by atoms with van der Waals surface area (Å²) in [6.45, 7) is 5.91. The topological polar surface area (TPSA) is 3.24 Å². The highest BCUT2D eigenvalue weighted by molar-refractivity contribution is 5.20. The zero-order chi connectivity index (χ0) is 11.4. The van der Waals surface area contributed by atoms with Gasteiger partial charge in [0.25, 0.3) is 0 Å². The van der Waals surface area contributed by atoms with Gasteiger partial charge in [0.2, 0.25) is 0 Å². The molecule has 0 bridgehead atoms. The molecule has 0 aromatic heterocycles. The first-order chi connectivity index (χ1) is 7.83. The van der Waals surface area contributed by atoms with E-state index in [1.807, 2.05) is 0 Å². The van der Waals surface area contributed by atoms with Crippen molar-refractivity contribution in [2.45, 2.75) is 51.6 Å². The number of hydrogen-bond donors (Lipinski definition) is 0. The van der Waals surface area contributed by atoms with Gasteiger partial charge in [-0.05, 0) is 38.3 Å². The molecule has 1 saturated heterocycles. The summed E-state index contributed by atoms with van der Waals surface area (Å²) in [5, 5.41) is 0. The molecular formula is C15H23N. The average molecular weight is 217 g/mol. The molecule has 1 fully saturated rings. The minimum atomic E-state index is 0.669. The minimum Gasteiger partial charge on any atom is -0.294 e. The lowest BCUT2D eigenvalue weighted by Gasteiger charge is -2.28. The maximum atomic E-state index is 2.69. The third-order valence-electron chi connectivity index (χ3n) is 3.78. The summed E-state index contributed by atoms with van der Waals surface area (Å²) in [4.78, 5) is 2.69. The molecular weight excluding hydrogens is 194 g/mol. The van der Waals surface area contributed by atoms with Gasteiger partial charge >= 0.3 is 0 Å². The Balaban J connectivity index is 2.08. The van der Waals surface area contributed by atoms with E-state index in [2.05, 4.69) is 49.1 Å². The molecule has 0 amide bonds. The predicted molar refractivity (Wildman–Crippen MR) is 69.5 cm³/mol. The minimum absolute atomic E-state index is 0.669. The second-order valence-corrected chi connectivity index (χ2v) is 4.94. The second kappa shape index (κ2) is 5.49. The first-order valence-electron chi connectivity index (χ1n) is 6.63. The Morgan fingerprint density at radius 3 is 2.62 bits per heavy atom. The van der Waals surface area contributed by atoms with Crippen molar-refractivity contribution < 1.29 is 0 Å². The number of rotatable bonds is 4. The van der Waals surface area contributed by atoms with Crippen molar-refractivity contribution >= 4 is 0 Å². The highest BCUT2D eigenvalue weighted by atomic mass is 15.2. The first-order valence-corrected chi connectivity index (χ1v) is 6.63. The van der Waals surface area contributed by atoms with Gasteiger partial charge in [-0.3, -0.25) is 4.90 Å². The Hall–Kier alpha value is -0.820. The van der Waals surface area contributed by atoms with Crippen molar-refractivity contribution in [1.82, 2.24) is 4.90 Å². The maximum Gasteiger partial charge on any atom is 0.0351 e. The summed E-state index contributed by atoms with van der Waals surface area (Å²) in [6, 6.07) is 12.4. The maximum absolute atomic E-state index is 2.69. The number of nitrogens with zero attached hydrogens (tertiary/aromatic N) is 1.